The molecule has 0 saturated carbocycles. The average molecular weight is 227 g/mol. The van der Waals surface area contributed by atoms with Crippen LogP contribution in [0.25, 0.3) is 0 Å². The second kappa shape index (κ2) is 5.37. The monoisotopic (exact) mass is 227 g/mol. The number of halogens is 2. The van der Waals surface area contributed by atoms with Gasteiger partial charge in [-0.2, -0.15) is 8.78 Å². The van der Waals surface area contributed by atoms with Gasteiger partial charge in [-0.15, -0.1) is 0 Å². The first kappa shape index (κ1) is 11.5. The third kappa shape index (κ3) is 3.00. The van der Waals surface area contributed by atoms with Crippen LogP contribution in [0.4, 0.5) is 8.78 Å². The lowest BCUT2D eigenvalue weighted by Gasteiger charge is -2.19. The highest BCUT2D eigenvalue weighted by molar-refractivity contribution is 5.16. The summed E-state index contributed by atoms with van der Waals surface area (Å²) in [5.74, 6) is 0. The van der Waals surface area contributed by atoms with Crippen LogP contribution in [-0.4, -0.2) is 25.3 Å². The van der Waals surface area contributed by atoms with Gasteiger partial charge in [-0.1, -0.05) is 30.3 Å². The zero-order valence-corrected chi connectivity index (χ0v) is 8.90. The molecule has 2 rings (SSSR count). The summed E-state index contributed by atoms with van der Waals surface area (Å²) in [5.41, 5.74) is 1.14. The van der Waals surface area contributed by atoms with Crippen molar-refractivity contribution >= 4 is 0 Å². The maximum Gasteiger partial charge on any atom is 0.345 e. The molecule has 1 heterocycles. The molecule has 1 aromatic carbocycles. The lowest BCUT2D eigenvalue weighted by Crippen LogP contribution is -2.35. The Labute approximate surface area is 93.6 Å². The van der Waals surface area contributed by atoms with Gasteiger partial charge in [0.05, 0.1) is 6.10 Å². The Kier molecular flexibility index (Phi) is 3.85. The SMILES string of the molecule is FC(F)OC1CCNC1Cc1ccccc1. The minimum Gasteiger partial charge on any atom is -0.318 e. The van der Waals surface area contributed by atoms with Crippen LogP contribution in [0.3, 0.4) is 0 Å². The molecule has 88 valence electrons. The third-order valence-electron chi connectivity index (χ3n) is 2.86. The largest absolute Gasteiger partial charge is 0.345 e. The van der Waals surface area contributed by atoms with Gasteiger partial charge in [-0.05, 0) is 24.9 Å². The Balaban J connectivity index is 1.93. The molecule has 0 amide bonds. The highest BCUT2D eigenvalue weighted by atomic mass is 19.3. The van der Waals surface area contributed by atoms with Gasteiger partial charge in [0, 0.05) is 6.04 Å². The van der Waals surface area contributed by atoms with Gasteiger partial charge in [0.1, 0.15) is 0 Å². The van der Waals surface area contributed by atoms with Crippen LogP contribution in [0.1, 0.15) is 12.0 Å². The molecule has 0 aromatic heterocycles. The van der Waals surface area contributed by atoms with E-state index in [0.29, 0.717) is 6.42 Å². The molecule has 1 saturated heterocycles. The van der Waals surface area contributed by atoms with Gasteiger partial charge in [0.2, 0.25) is 0 Å². The minimum atomic E-state index is -2.68. The molecule has 2 unspecified atom stereocenters. The van der Waals surface area contributed by atoms with E-state index in [1.54, 1.807) is 0 Å². The molecule has 2 nitrogen and oxygen atoms in total. The maximum atomic E-state index is 12.1. The summed E-state index contributed by atoms with van der Waals surface area (Å²) in [6.45, 7) is -1.93. The number of hydrogen-bond donors (Lipinski definition) is 1. The molecule has 4 heteroatoms. The van der Waals surface area contributed by atoms with E-state index in [-0.39, 0.29) is 12.1 Å². The Bertz CT molecular complexity index is 318. The predicted octanol–water partition coefficient (Wildman–Crippen LogP) is 2.20. The van der Waals surface area contributed by atoms with Crippen molar-refractivity contribution in [3.05, 3.63) is 35.9 Å². The van der Waals surface area contributed by atoms with E-state index in [0.717, 1.165) is 18.5 Å². The Hall–Kier alpha value is -1.00. The van der Waals surface area contributed by atoms with Crippen LogP contribution < -0.4 is 5.32 Å². The van der Waals surface area contributed by atoms with Crippen LogP contribution >= 0.6 is 0 Å². The molecule has 1 aliphatic heterocycles. The predicted molar refractivity (Wildman–Crippen MR) is 57.4 cm³/mol. The molecule has 2 atom stereocenters. The van der Waals surface area contributed by atoms with E-state index in [4.69, 9.17) is 0 Å². The van der Waals surface area contributed by atoms with Crippen LogP contribution in [0, 0.1) is 0 Å². The van der Waals surface area contributed by atoms with Crippen molar-refractivity contribution in [1.82, 2.24) is 5.32 Å². The molecular formula is C12H15F2NO. The zero-order valence-electron chi connectivity index (χ0n) is 8.90. The summed E-state index contributed by atoms with van der Waals surface area (Å²) in [7, 11) is 0. The number of hydrogen-bond acceptors (Lipinski definition) is 2. The number of ether oxygens (including phenoxy) is 1. The van der Waals surface area contributed by atoms with Gasteiger partial charge in [-0.3, -0.25) is 0 Å². The van der Waals surface area contributed by atoms with Crippen LogP contribution in [0.5, 0.6) is 0 Å². The van der Waals surface area contributed by atoms with Crippen molar-refractivity contribution in [2.75, 3.05) is 6.54 Å². The summed E-state index contributed by atoms with van der Waals surface area (Å²) in [6, 6.07) is 9.84. The number of alkyl halides is 2. The highest BCUT2D eigenvalue weighted by Crippen LogP contribution is 2.18. The quantitative estimate of drug-likeness (QED) is 0.851. The van der Waals surface area contributed by atoms with Crippen molar-refractivity contribution in [2.24, 2.45) is 0 Å². The minimum absolute atomic E-state index is 0.00333. The molecule has 0 aliphatic carbocycles. The van der Waals surface area contributed by atoms with Crippen molar-refractivity contribution < 1.29 is 13.5 Å². The number of nitrogens with one attached hydrogen (secondary N) is 1. The van der Waals surface area contributed by atoms with E-state index in [9.17, 15) is 8.78 Å². The lowest BCUT2D eigenvalue weighted by molar-refractivity contribution is -0.164. The molecule has 1 aromatic rings. The van der Waals surface area contributed by atoms with E-state index >= 15 is 0 Å². The summed E-state index contributed by atoms with van der Waals surface area (Å²) in [6.07, 6.45) is 1.01. The van der Waals surface area contributed by atoms with Gasteiger partial charge < -0.3 is 10.1 Å². The molecule has 0 spiro atoms. The van der Waals surface area contributed by atoms with Gasteiger partial charge in [0.25, 0.3) is 0 Å². The first-order valence-electron chi connectivity index (χ1n) is 5.46. The van der Waals surface area contributed by atoms with Crippen LogP contribution in [0.2, 0.25) is 0 Å². The average Bonchev–Trinajstić information content (AvgIpc) is 2.66. The van der Waals surface area contributed by atoms with Gasteiger partial charge in [0.15, 0.2) is 0 Å². The molecule has 1 fully saturated rings. The summed E-state index contributed by atoms with van der Waals surface area (Å²) in [4.78, 5) is 0. The van der Waals surface area contributed by atoms with Crippen molar-refractivity contribution in [3.8, 4) is 0 Å². The molecule has 0 radical (unpaired) electrons. The van der Waals surface area contributed by atoms with Crippen molar-refractivity contribution in [3.63, 3.8) is 0 Å². The topological polar surface area (TPSA) is 21.3 Å². The molecule has 0 bridgehead atoms. The number of rotatable bonds is 4. The maximum absolute atomic E-state index is 12.1. The van der Waals surface area contributed by atoms with Gasteiger partial charge in [-0.25, -0.2) is 0 Å². The normalized spacial score (nSPS) is 25.2. The van der Waals surface area contributed by atoms with Crippen molar-refractivity contribution in [2.45, 2.75) is 31.6 Å². The number of benzene rings is 1. The Morgan fingerprint density at radius 2 is 2.06 bits per heavy atom. The molecule has 1 aliphatic rings. The molecule has 16 heavy (non-hydrogen) atoms. The first-order valence-corrected chi connectivity index (χ1v) is 5.46. The second-order valence-corrected chi connectivity index (χ2v) is 3.97. The molecular weight excluding hydrogens is 212 g/mol. The van der Waals surface area contributed by atoms with E-state index in [1.807, 2.05) is 30.3 Å². The fourth-order valence-electron chi connectivity index (χ4n) is 2.11. The first-order chi connectivity index (χ1) is 7.75. The molecule has 1 N–H and O–H groups in total. The Morgan fingerprint density at radius 1 is 1.31 bits per heavy atom. The van der Waals surface area contributed by atoms with E-state index < -0.39 is 6.61 Å². The Morgan fingerprint density at radius 3 is 2.75 bits per heavy atom. The van der Waals surface area contributed by atoms with Crippen molar-refractivity contribution in [1.29, 1.82) is 0 Å². The van der Waals surface area contributed by atoms with Crippen LogP contribution in [0.15, 0.2) is 30.3 Å². The van der Waals surface area contributed by atoms with E-state index in [2.05, 4.69) is 10.1 Å². The standard InChI is InChI=1S/C12H15F2NO/c13-12(14)16-11-6-7-15-10(11)8-9-4-2-1-3-5-9/h1-5,10-12,15H,6-8H2. The smallest absolute Gasteiger partial charge is 0.318 e. The van der Waals surface area contributed by atoms with Crippen LogP contribution in [-0.2, 0) is 11.2 Å². The second-order valence-electron chi connectivity index (χ2n) is 3.97. The fourth-order valence-corrected chi connectivity index (χ4v) is 2.11. The highest BCUT2D eigenvalue weighted by Gasteiger charge is 2.29. The zero-order chi connectivity index (χ0) is 11.4. The third-order valence-corrected chi connectivity index (χ3v) is 2.86. The van der Waals surface area contributed by atoms with Gasteiger partial charge >= 0.3 is 6.61 Å². The summed E-state index contributed by atoms with van der Waals surface area (Å²) < 4.78 is 28.9. The summed E-state index contributed by atoms with van der Waals surface area (Å²) in [5, 5.41) is 3.20. The summed E-state index contributed by atoms with van der Waals surface area (Å²) >= 11 is 0. The fraction of sp³-hybridized carbons (Fsp3) is 0.500. The van der Waals surface area contributed by atoms with E-state index in [1.165, 1.54) is 0 Å². The lowest BCUT2D eigenvalue weighted by atomic mass is 10.0.